The molecule has 0 N–H and O–H groups in total. The van der Waals surface area contributed by atoms with Gasteiger partial charge in [-0.15, -0.1) is 0 Å². The molecule has 0 aliphatic carbocycles. The van der Waals surface area contributed by atoms with Gasteiger partial charge >= 0.3 is 5.97 Å². The maximum Gasteiger partial charge on any atom is 0.314 e. The molecule has 2 heterocycles. The van der Waals surface area contributed by atoms with Crippen molar-refractivity contribution in [2.24, 2.45) is 5.41 Å². The van der Waals surface area contributed by atoms with E-state index in [9.17, 15) is 9.59 Å². The van der Waals surface area contributed by atoms with Gasteiger partial charge in [0.25, 0.3) is 5.91 Å². The van der Waals surface area contributed by atoms with Crippen LogP contribution in [0.3, 0.4) is 0 Å². The molecule has 2 aliphatic heterocycles. The Kier molecular flexibility index (Phi) is 4.78. The Hall–Kier alpha value is -2.04. The van der Waals surface area contributed by atoms with Gasteiger partial charge in [-0.1, -0.05) is 25.1 Å². The molecule has 1 aromatic carbocycles. The van der Waals surface area contributed by atoms with Gasteiger partial charge in [-0.3, -0.25) is 9.59 Å². The van der Waals surface area contributed by atoms with Gasteiger partial charge in [0.1, 0.15) is 5.75 Å². The summed E-state index contributed by atoms with van der Waals surface area (Å²) in [6.45, 7) is 4.23. The van der Waals surface area contributed by atoms with E-state index in [-0.39, 0.29) is 30.6 Å². The summed E-state index contributed by atoms with van der Waals surface area (Å²) >= 11 is 0. The topological polar surface area (TPSA) is 55.8 Å². The number of para-hydroxylation sites is 1. The molecule has 0 saturated carbocycles. The highest BCUT2D eigenvalue weighted by Crippen LogP contribution is 2.52. The predicted octanol–water partition coefficient (Wildman–Crippen LogP) is 2.79. The number of fused-ring (bicyclic) bond motifs is 2. The lowest BCUT2D eigenvalue weighted by atomic mass is 9.72. The number of amides is 1. The molecule has 5 heteroatoms. The van der Waals surface area contributed by atoms with Crippen LogP contribution in [-0.2, 0) is 14.3 Å². The first kappa shape index (κ1) is 16.8. The molecule has 1 amide bonds. The molecule has 130 valence electrons. The molecule has 1 aromatic rings. The number of benzene rings is 1. The Morgan fingerprint density at radius 2 is 1.96 bits per heavy atom. The quantitative estimate of drug-likeness (QED) is 0.752. The van der Waals surface area contributed by atoms with Crippen LogP contribution in [0.1, 0.15) is 39.5 Å². The number of ether oxygens (including phenoxy) is 2. The Labute approximate surface area is 142 Å². The lowest BCUT2D eigenvalue weighted by Gasteiger charge is -2.34. The molecular formula is C19H25NO4. The van der Waals surface area contributed by atoms with Crippen LogP contribution in [0.2, 0.25) is 0 Å². The summed E-state index contributed by atoms with van der Waals surface area (Å²) in [5.74, 6) is 0.497. The summed E-state index contributed by atoms with van der Waals surface area (Å²) in [5, 5.41) is 0. The molecular weight excluding hydrogens is 306 g/mol. The van der Waals surface area contributed by atoms with E-state index in [1.54, 1.807) is 0 Å². The van der Waals surface area contributed by atoms with Gasteiger partial charge in [0.05, 0.1) is 12.0 Å². The zero-order chi connectivity index (χ0) is 17.2. The molecule has 24 heavy (non-hydrogen) atoms. The first-order valence-electron chi connectivity index (χ1n) is 8.78. The monoisotopic (exact) mass is 331 g/mol. The van der Waals surface area contributed by atoms with Crippen molar-refractivity contribution in [2.75, 3.05) is 13.2 Å². The Morgan fingerprint density at radius 3 is 2.62 bits per heavy atom. The standard InChI is InChI=1S/C19H25NO4/c1-3-19(18(22)23-4-2)12-14-10-11-16(19)20(14)17(21)13-24-15-8-6-5-7-9-15/h5-9,14,16H,3-4,10-13H2,1-2H3/t14-,16+,19+/m1/s1. The van der Waals surface area contributed by atoms with Crippen LogP contribution in [0.4, 0.5) is 0 Å². The third-order valence-electron chi connectivity index (χ3n) is 5.45. The first-order chi connectivity index (χ1) is 11.6. The molecule has 0 aromatic heterocycles. The van der Waals surface area contributed by atoms with Gasteiger partial charge < -0.3 is 14.4 Å². The van der Waals surface area contributed by atoms with Crippen LogP contribution in [-0.4, -0.2) is 42.1 Å². The van der Waals surface area contributed by atoms with Gasteiger partial charge in [0, 0.05) is 12.1 Å². The molecule has 0 unspecified atom stereocenters. The average molecular weight is 331 g/mol. The number of nitrogens with zero attached hydrogens (tertiary/aromatic N) is 1. The minimum absolute atomic E-state index is 0.0135. The van der Waals surface area contributed by atoms with Crippen LogP contribution < -0.4 is 4.74 Å². The zero-order valence-electron chi connectivity index (χ0n) is 14.4. The fourth-order valence-electron chi connectivity index (χ4n) is 4.31. The summed E-state index contributed by atoms with van der Waals surface area (Å²) in [7, 11) is 0. The number of hydrogen-bond donors (Lipinski definition) is 0. The SMILES string of the molecule is CCOC(=O)[C@@]1(CC)C[C@H]2CC[C@@H]1N2C(=O)COc1ccccc1. The van der Waals surface area contributed by atoms with Crippen LogP contribution >= 0.6 is 0 Å². The highest BCUT2D eigenvalue weighted by atomic mass is 16.5. The Balaban J connectivity index is 1.70. The number of esters is 1. The summed E-state index contributed by atoms with van der Waals surface area (Å²) in [6.07, 6.45) is 3.25. The summed E-state index contributed by atoms with van der Waals surface area (Å²) < 4.78 is 10.9. The van der Waals surface area contributed by atoms with E-state index in [2.05, 4.69) is 0 Å². The summed E-state index contributed by atoms with van der Waals surface area (Å²) in [4.78, 5) is 27.1. The van der Waals surface area contributed by atoms with Crippen molar-refractivity contribution in [1.29, 1.82) is 0 Å². The van der Waals surface area contributed by atoms with Crippen molar-refractivity contribution in [3.8, 4) is 5.75 Å². The minimum Gasteiger partial charge on any atom is -0.484 e. The van der Waals surface area contributed by atoms with Gasteiger partial charge in [-0.25, -0.2) is 0 Å². The Bertz CT molecular complexity index is 603. The summed E-state index contributed by atoms with van der Waals surface area (Å²) in [5.41, 5.74) is -0.540. The predicted molar refractivity (Wildman–Crippen MR) is 89.6 cm³/mol. The molecule has 5 nitrogen and oxygen atoms in total. The molecule has 0 spiro atoms. The zero-order valence-corrected chi connectivity index (χ0v) is 14.4. The fourth-order valence-corrected chi connectivity index (χ4v) is 4.31. The number of hydrogen-bond acceptors (Lipinski definition) is 4. The van der Waals surface area contributed by atoms with Crippen LogP contribution in [0.5, 0.6) is 5.75 Å². The normalized spacial score (nSPS) is 28.0. The maximum absolute atomic E-state index is 12.7. The Morgan fingerprint density at radius 1 is 1.21 bits per heavy atom. The van der Waals surface area contributed by atoms with E-state index < -0.39 is 5.41 Å². The van der Waals surface area contributed by atoms with Crippen LogP contribution in [0.25, 0.3) is 0 Å². The molecule has 2 fully saturated rings. The van der Waals surface area contributed by atoms with E-state index in [0.717, 1.165) is 12.8 Å². The first-order valence-corrected chi connectivity index (χ1v) is 8.78. The van der Waals surface area contributed by atoms with Crippen molar-refractivity contribution in [3.05, 3.63) is 30.3 Å². The van der Waals surface area contributed by atoms with E-state index >= 15 is 0 Å². The number of carbonyl (C=O) groups is 2. The molecule has 3 rings (SSSR count). The number of rotatable bonds is 6. The molecule has 0 radical (unpaired) electrons. The second-order valence-electron chi connectivity index (χ2n) is 6.58. The second-order valence-corrected chi connectivity index (χ2v) is 6.58. The van der Waals surface area contributed by atoms with Crippen molar-refractivity contribution in [1.82, 2.24) is 4.90 Å². The van der Waals surface area contributed by atoms with Gasteiger partial charge in [-0.2, -0.15) is 0 Å². The lowest BCUT2D eigenvalue weighted by Crippen LogP contribution is -2.46. The van der Waals surface area contributed by atoms with Crippen molar-refractivity contribution >= 4 is 11.9 Å². The molecule has 2 saturated heterocycles. The van der Waals surface area contributed by atoms with Crippen molar-refractivity contribution in [2.45, 2.75) is 51.6 Å². The van der Waals surface area contributed by atoms with Gasteiger partial charge in [0.2, 0.25) is 0 Å². The van der Waals surface area contributed by atoms with E-state index in [1.807, 2.05) is 49.1 Å². The van der Waals surface area contributed by atoms with Crippen LogP contribution in [0, 0.1) is 5.41 Å². The molecule has 2 aliphatic rings. The largest absolute Gasteiger partial charge is 0.484 e. The molecule has 3 atom stereocenters. The molecule has 2 bridgehead atoms. The highest BCUT2D eigenvalue weighted by molar-refractivity contribution is 5.84. The van der Waals surface area contributed by atoms with Crippen LogP contribution in [0.15, 0.2) is 30.3 Å². The van der Waals surface area contributed by atoms with E-state index in [0.29, 0.717) is 25.2 Å². The third-order valence-corrected chi connectivity index (χ3v) is 5.45. The van der Waals surface area contributed by atoms with Crippen molar-refractivity contribution < 1.29 is 19.1 Å². The third kappa shape index (κ3) is 2.76. The maximum atomic E-state index is 12.7. The second kappa shape index (κ2) is 6.83. The summed E-state index contributed by atoms with van der Waals surface area (Å²) in [6, 6.07) is 9.40. The lowest BCUT2D eigenvalue weighted by molar-refractivity contribution is -0.158. The van der Waals surface area contributed by atoms with Crippen molar-refractivity contribution in [3.63, 3.8) is 0 Å². The van der Waals surface area contributed by atoms with Gasteiger partial charge in [0.15, 0.2) is 6.61 Å². The minimum atomic E-state index is -0.540. The van der Waals surface area contributed by atoms with Gasteiger partial charge in [-0.05, 0) is 44.7 Å². The average Bonchev–Trinajstić information content (AvgIpc) is 3.17. The van der Waals surface area contributed by atoms with E-state index in [1.165, 1.54) is 0 Å². The fraction of sp³-hybridized carbons (Fsp3) is 0.579. The highest BCUT2D eigenvalue weighted by Gasteiger charge is 2.61. The van der Waals surface area contributed by atoms with E-state index in [4.69, 9.17) is 9.47 Å². The smallest absolute Gasteiger partial charge is 0.314 e. The number of carbonyl (C=O) groups excluding carboxylic acids is 2.